The van der Waals surface area contributed by atoms with Crippen molar-refractivity contribution in [1.29, 1.82) is 0 Å². The lowest BCUT2D eigenvalue weighted by atomic mass is 9.92. The van der Waals surface area contributed by atoms with Crippen molar-refractivity contribution in [2.45, 2.75) is 31.8 Å². The van der Waals surface area contributed by atoms with E-state index < -0.39 is 17.5 Å². The summed E-state index contributed by atoms with van der Waals surface area (Å²) in [5.41, 5.74) is -0.822. The summed E-state index contributed by atoms with van der Waals surface area (Å²) in [4.78, 5) is 23.2. The van der Waals surface area contributed by atoms with E-state index in [1.807, 2.05) is 0 Å². The maximum Gasteiger partial charge on any atom is 0.338 e. The lowest BCUT2D eigenvalue weighted by molar-refractivity contribution is -0.164. The van der Waals surface area contributed by atoms with E-state index in [4.69, 9.17) is 14.2 Å². The maximum atomic E-state index is 11.7. The Bertz CT molecular complexity index is 315. The van der Waals surface area contributed by atoms with Gasteiger partial charge in [0.1, 0.15) is 0 Å². The second kappa shape index (κ2) is 5.82. The van der Waals surface area contributed by atoms with Crippen molar-refractivity contribution in [3.8, 4) is 0 Å². The molecule has 0 bridgehead atoms. The van der Waals surface area contributed by atoms with Gasteiger partial charge < -0.3 is 14.2 Å². The molecule has 1 heterocycles. The minimum absolute atomic E-state index is 0.124. The highest BCUT2D eigenvalue weighted by molar-refractivity contribution is 5.90. The lowest BCUT2D eigenvalue weighted by Crippen LogP contribution is -2.40. The van der Waals surface area contributed by atoms with Crippen LogP contribution in [0.3, 0.4) is 0 Å². The van der Waals surface area contributed by atoms with Gasteiger partial charge in [-0.05, 0) is 19.8 Å². The fraction of sp³-hybridized carbons (Fsp3) is 0.667. The van der Waals surface area contributed by atoms with E-state index in [9.17, 15) is 9.59 Å². The van der Waals surface area contributed by atoms with E-state index in [1.165, 1.54) is 7.11 Å². The van der Waals surface area contributed by atoms with Crippen LogP contribution in [0.2, 0.25) is 0 Å². The number of carbonyl (C=O) groups is 2. The van der Waals surface area contributed by atoms with E-state index in [2.05, 4.69) is 6.58 Å². The summed E-state index contributed by atoms with van der Waals surface area (Å²) >= 11 is 0. The van der Waals surface area contributed by atoms with Gasteiger partial charge in [-0.1, -0.05) is 6.58 Å². The minimum Gasteiger partial charge on any atom is -0.467 e. The van der Waals surface area contributed by atoms with Crippen LogP contribution in [-0.4, -0.2) is 37.9 Å². The number of esters is 2. The molecule has 0 aromatic heterocycles. The first-order valence-corrected chi connectivity index (χ1v) is 5.63. The first kappa shape index (κ1) is 13.7. The molecule has 96 valence electrons. The van der Waals surface area contributed by atoms with Gasteiger partial charge in [-0.15, -0.1) is 0 Å². The Morgan fingerprint density at radius 2 is 2.18 bits per heavy atom. The Hall–Kier alpha value is -1.36. The molecule has 1 fully saturated rings. The van der Waals surface area contributed by atoms with Crippen LogP contribution >= 0.6 is 0 Å². The minimum atomic E-state index is -1.06. The molecule has 1 aliphatic heterocycles. The third-order valence-electron chi connectivity index (χ3n) is 2.72. The molecule has 0 radical (unpaired) electrons. The quantitative estimate of drug-likeness (QED) is 0.536. The van der Waals surface area contributed by atoms with Crippen LogP contribution in [0, 0.1) is 0 Å². The zero-order valence-electron chi connectivity index (χ0n) is 10.3. The Morgan fingerprint density at radius 3 is 2.65 bits per heavy atom. The number of hydrogen-bond acceptors (Lipinski definition) is 5. The zero-order valence-corrected chi connectivity index (χ0v) is 10.3. The van der Waals surface area contributed by atoms with Crippen LogP contribution in [0.25, 0.3) is 0 Å². The molecule has 1 rings (SSSR count). The second-order valence-corrected chi connectivity index (χ2v) is 3.94. The van der Waals surface area contributed by atoms with Gasteiger partial charge in [0.15, 0.2) is 5.60 Å². The van der Waals surface area contributed by atoms with Gasteiger partial charge in [-0.25, -0.2) is 9.59 Å². The highest BCUT2D eigenvalue weighted by Gasteiger charge is 2.45. The first-order chi connectivity index (χ1) is 8.05. The number of ether oxygens (including phenoxy) is 3. The summed E-state index contributed by atoms with van der Waals surface area (Å²) in [5.74, 6) is -0.952. The van der Waals surface area contributed by atoms with Gasteiger partial charge in [-0.2, -0.15) is 0 Å². The van der Waals surface area contributed by atoms with Crippen molar-refractivity contribution in [3.63, 3.8) is 0 Å². The summed E-state index contributed by atoms with van der Waals surface area (Å²) in [6, 6.07) is 0. The summed E-state index contributed by atoms with van der Waals surface area (Å²) < 4.78 is 15.0. The molecule has 0 saturated carbocycles. The normalized spacial score (nSPS) is 23.2. The van der Waals surface area contributed by atoms with Crippen LogP contribution in [0.1, 0.15) is 26.2 Å². The van der Waals surface area contributed by atoms with Crippen LogP contribution in [0.15, 0.2) is 12.2 Å². The molecule has 5 nitrogen and oxygen atoms in total. The molecule has 0 unspecified atom stereocenters. The van der Waals surface area contributed by atoms with Crippen molar-refractivity contribution >= 4 is 11.9 Å². The predicted molar refractivity (Wildman–Crippen MR) is 60.3 cm³/mol. The van der Waals surface area contributed by atoms with Gasteiger partial charge in [0, 0.05) is 18.6 Å². The van der Waals surface area contributed by atoms with E-state index in [0.717, 1.165) is 6.42 Å². The molecule has 1 saturated heterocycles. The summed E-state index contributed by atoms with van der Waals surface area (Å²) in [6.45, 7) is 6.12. The van der Waals surface area contributed by atoms with E-state index >= 15 is 0 Å². The molecule has 0 aromatic rings. The molecule has 17 heavy (non-hydrogen) atoms. The molecule has 0 aliphatic carbocycles. The number of rotatable bonds is 5. The highest BCUT2D eigenvalue weighted by Crippen LogP contribution is 2.33. The Balaban J connectivity index is 2.71. The average Bonchev–Trinajstić information content (AvgIpc) is 2.78. The van der Waals surface area contributed by atoms with Gasteiger partial charge in [0.05, 0.1) is 13.7 Å². The largest absolute Gasteiger partial charge is 0.467 e. The fourth-order valence-electron chi connectivity index (χ4n) is 1.91. The number of carbonyl (C=O) groups excluding carboxylic acids is 2. The molecular formula is C12H18O5. The monoisotopic (exact) mass is 242 g/mol. The lowest BCUT2D eigenvalue weighted by Gasteiger charge is -2.25. The van der Waals surface area contributed by atoms with Gasteiger partial charge in [0.2, 0.25) is 0 Å². The van der Waals surface area contributed by atoms with Gasteiger partial charge in [-0.3, -0.25) is 0 Å². The van der Waals surface area contributed by atoms with Crippen LogP contribution < -0.4 is 0 Å². The second-order valence-electron chi connectivity index (χ2n) is 3.94. The van der Waals surface area contributed by atoms with Crippen LogP contribution in [0.4, 0.5) is 0 Å². The third-order valence-corrected chi connectivity index (χ3v) is 2.72. The molecule has 0 aromatic carbocycles. The molecule has 1 atom stereocenters. The standard InChI is InChI=1S/C12H18O5/c1-4-16-10(13)9(2)8-12(11(14)15-3)6-5-7-17-12/h2,4-8H2,1,3H3/t12-/m0/s1. The van der Waals surface area contributed by atoms with E-state index in [-0.39, 0.29) is 18.6 Å². The van der Waals surface area contributed by atoms with Crippen molar-refractivity contribution in [3.05, 3.63) is 12.2 Å². The maximum absolute atomic E-state index is 11.7. The zero-order chi connectivity index (χ0) is 12.9. The van der Waals surface area contributed by atoms with Crippen molar-refractivity contribution in [2.24, 2.45) is 0 Å². The number of methoxy groups -OCH3 is 1. The molecule has 0 N–H and O–H groups in total. The highest BCUT2D eigenvalue weighted by atomic mass is 16.6. The summed E-state index contributed by atoms with van der Waals surface area (Å²) in [7, 11) is 1.30. The molecule has 0 spiro atoms. The van der Waals surface area contributed by atoms with Crippen molar-refractivity contribution in [2.75, 3.05) is 20.3 Å². The SMILES string of the molecule is C=C(C[C@]1(C(=O)OC)CCCO1)C(=O)OCC. The summed E-state index contributed by atoms with van der Waals surface area (Å²) in [6.07, 6.45) is 1.43. The average molecular weight is 242 g/mol. The topological polar surface area (TPSA) is 61.8 Å². The fourth-order valence-corrected chi connectivity index (χ4v) is 1.91. The molecule has 5 heteroatoms. The van der Waals surface area contributed by atoms with Crippen molar-refractivity contribution in [1.82, 2.24) is 0 Å². The van der Waals surface area contributed by atoms with E-state index in [0.29, 0.717) is 13.0 Å². The predicted octanol–water partition coefficient (Wildman–Crippen LogP) is 1.22. The molecule has 0 amide bonds. The van der Waals surface area contributed by atoms with Crippen LogP contribution in [-0.2, 0) is 23.8 Å². The first-order valence-electron chi connectivity index (χ1n) is 5.63. The Morgan fingerprint density at radius 1 is 1.47 bits per heavy atom. The van der Waals surface area contributed by atoms with Gasteiger partial charge in [0.25, 0.3) is 0 Å². The Kier molecular flexibility index (Phi) is 4.69. The molecular weight excluding hydrogens is 224 g/mol. The number of hydrogen-bond donors (Lipinski definition) is 0. The summed E-state index contributed by atoms with van der Waals surface area (Å²) in [5, 5.41) is 0. The van der Waals surface area contributed by atoms with Gasteiger partial charge >= 0.3 is 11.9 Å². The molecule has 1 aliphatic rings. The van der Waals surface area contributed by atoms with Crippen LogP contribution in [0.5, 0.6) is 0 Å². The third kappa shape index (κ3) is 3.06. The Labute approximate surface area is 101 Å². The smallest absolute Gasteiger partial charge is 0.338 e. The van der Waals surface area contributed by atoms with Crippen molar-refractivity contribution < 1.29 is 23.8 Å². The van der Waals surface area contributed by atoms with E-state index in [1.54, 1.807) is 6.92 Å².